The van der Waals surface area contributed by atoms with Gasteiger partial charge in [-0.25, -0.2) is 9.59 Å². The number of amides is 2. The van der Waals surface area contributed by atoms with Crippen LogP contribution in [0.5, 0.6) is 5.75 Å². The van der Waals surface area contributed by atoms with E-state index in [9.17, 15) is 9.59 Å². The highest BCUT2D eigenvalue weighted by molar-refractivity contribution is 5.97. The van der Waals surface area contributed by atoms with E-state index >= 15 is 0 Å². The van der Waals surface area contributed by atoms with Crippen LogP contribution in [0.3, 0.4) is 0 Å². The van der Waals surface area contributed by atoms with E-state index in [1.165, 1.54) is 0 Å². The molecule has 3 rings (SSSR count). The molecule has 0 spiro atoms. The summed E-state index contributed by atoms with van der Waals surface area (Å²) in [6.45, 7) is 14.2. The van der Waals surface area contributed by atoms with Gasteiger partial charge in [0.25, 0.3) is 0 Å². The number of nitrogens with two attached hydrogens (primary N) is 1. The minimum atomic E-state index is -0.627. The molecule has 40 heavy (non-hydrogen) atoms. The minimum Gasteiger partial charge on any atom is -0.487 e. The van der Waals surface area contributed by atoms with Crippen LogP contribution in [0.1, 0.15) is 91.7 Å². The molecule has 1 aliphatic carbocycles. The smallest absolute Gasteiger partial charge is 0.431 e. The lowest BCUT2D eigenvalue weighted by Gasteiger charge is -2.30. The third kappa shape index (κ3) is 10.5. The van der Waals surface area contributed by atoms with Gasteiger partial charge in [0.15, 0.2) is 0 Å². The van der Waals surface area contributed by atoms with Crippen molar-refractivity contribution in [2.45, 2.75) is 110 Å². The van der Waals surface area contributed by atoms with Crippen LogP contribution in [-0.2, 0) is 20.7 Å². The Morgan fingerprint density at radius 3 is 2.27 bits per heavy atom. The highest BCUT2D eigenvalue weighted by Gasteiger charge is 2.28. The fourth-order valence-electron chi connectivity index (χ4n) is 4.89. The first-order valence-corrected chi connectivity index (χ1v) is 14.4. The molecule has 2 aliphatic rings. The molecule has 1 aliphatic heterocycles. The fraction of sp³-hybridized carbons (Fsp3) is 0.700. The summed E-state index contributed by atoms with van der Waals surface area (Å²) in [7, 11) is 0. The number of amidine groups is 1. The number of nitrogens with zero attached hydrogens (tertiary/aromatic N) is 1. The van der Waals surface area contributed by atoms with E-state index in [4.69, 9.17) is 29.8 Å². The van der Waals surface area contributed by atoms with Gasteiger partial charge in [-0.05, 0) is 123 Å². The van der Waals surface area contributed by atoms with Crippen molar-refractivity contribution < 1.29 is 28.6 Å². The predicted octanol–water partition coefficient (Wildman–Crippen LogP) is 5.26. The molecule has 10 nitrogen and oxygen atoms in total. The fourth-order valence-corrected chi connectivity index (χ4v) is 4.89. The standard InChI is InChI=1S/C30H48N4O6/c1-19(40-34-28(36)39-30(5,6)7)24-14-12-22-16-23(13-15-25(22)37-24)26(31)32-17-20-8-10-21(11-9-20)18-33-27(35)38-29(2,3)4/h13,15-16,19-21,24H,8-12,14,17-18H2,1-7H3,(H2,31,32)(H,33,35)(H,34,36). The molecular formula is C30H48N4O6. The highest BCUT2D eigenvalue weighted by Crippen LogP contribution is 2.31. The zero-order valence-electron chi connectivity index (χ0n) is 25.2. The highest BCUT2D eigenvalue weighted by atomic mass is 16.7. The molecule has 2 amide bonds. The van der Waals surface area contributed by atoms with Crippen molar-refractivity contribution in [3.05, 3.63) is 29.3 Å². The summed E-state index contributed by atoms with van der Waals surface area (Å²) in [5, 5.41) is 2.90. The van der Waals surface area contributed by atoms with Crippen LogP contribution in [0.4, 0.5) is 9.59 Å². The Bertz CT molecular complexity index is 1040. The maximum atomic E-state index is 11.9. The third-order valence-electron chi connectivity index (χ3n) is 7.00. The number of fused-ring (bicyclic) bond motifs is 1. The summed E-state index contributed by atoms with van der Waals surface area (Å²) in [5.74, 6) is 2.29. The second kappa shape index (κ2) is 13.6. The van der Waals surface area contributed by atoms with E-state index < -0.39 is 17.3 Å². The van der Waals surface area contributed by atoms with E-state index in [2.05, 4.69) is 10.8 Å². The van der Waals surface area contributed by atoms with Crippen LogP contribution in [0, 0.1) is 11.8 Å². The Labute approximate surface area is 238 Å². The molecular weight excluding hydrogens is 512 g/mol. The summed E-state index contributed by atoms with van der Waals surface area (Å²) in [6.07, 6.45) is 4.28. The van der Waals surface area contributed by atoms with Crippen molar-refractivity contribution in [3.8, 4) is 5.75 Å². The number of rotatable bonds is 8. The normalized spacial score (nSPS) is 22.4. The Morgan fingerprint density at radius 1 is 1.00 bits per heavy atom. The Kier molecular flexibility index (Phi) is 10.7. The van der Waals surface area contributed by atoms with Crippen LogP contribution < -0.4 is 21.3 Å². The Morgan fingerprint density at radius 2 is 1.62 bits per heavy atom. The van der Waals surface area contributed by atoms with Gasteiger partial charge in [-0.15, -0.1) is 0 Å². The maximum absolute atomic E-state index is 11.9. The van der Waals surface area contributed by atoms with Gasteiger partial charge in [0.2, 0.25) is 0 Å². The van der Waals surface area contributed by atoms with E-state index in [1.54, 1.807) is 20.8 Å². The van der Waals surface area contributed by atoms with Crippen molar-refractivity contribution in [1.82, 2.24) is 10.8 Å². The molecule has 2 unspecified atom stereocenters. The van der Waals surface area contributed by atoms with Gasteiger partial charge in [0, 0.05) is 18.7 Å². The number of aryl methyl sites for hydroxylation is 1. The molecule has 2 atom stereocenters. The molecule has 1 saturated carbocycles. The molecule has 224 valence electrons. The second-order valence-electron chi connectivity index (χ2n) is 12.9. The summed E-state index contributed by atoms with van der Waals surface area (Å²) < 4.78 is 16.7. The van der Waals surface area contributed by atoms with Crippen molar-refractivity contribution >= 4 is 18.0 Å². The molecule has 0 bridgehead atoms. The summed E-state index contributed by atoms with van der Waals surface area (Å²) >= 11 is 0. The van der Waals surface area contributed by atoms with Crippen molar-refractivity contribution in [3.63, 3.8) is 0 Å². The van der Waals surface area contributed by atoms with E-state index in [1.807, 2.05) is 45.9 Å². The molecule has 0 saturated heterocycles. The molecule has 10 heteroatoms. The van der Waals surface area contributed by atoms with Crippen LogP contribution in [-0.4, -0.2) is 54.5 Å². The van der Waals surface area contributed by atoms with E-state index in [-0.39, 0.29) is 18.3 Å². The summed E-state index contributed by atoms with van der Waals surface area (Å²) in [5.41, 5.74) is 9.61. The lowest BCUT2D eigenvalue weighted by Crippen LogP contribution is -2.41. The molecule has 1 heterocycles. The number of alkyl carbamates (subject to hydrolysis) is 1. The lowest BCUT2D eigenvalue weighted by molar-refractivity contribution is -0.0775. The second-order valence-corrected chi connectivity index (χ2v) is 12.9. The largest absolute Gasteiger partial charge is 0.487 e. The van der Waals surface area contributed by atoms with Crippen LogP contribution in [0.25, 0.3) is 0 Å². The molecule has 1 aromatic rings. The number of hydroxylamine groups is 1. The molecule has 1 fully saturated rings. The third-order valence-corrected chi connectivity index (χ3v) is 7.00. The molecule has 1 aromatic carbocycles. The number of nitrogens with one attached hydrogen (secondary N) is 2. The molecule has 0 radical (unpaired) electrons. The predicted molar refractivity (Wildman–Crippen MR) is 154 cm³/mol. The number of aliphatic imine (C=N–C) groups is 1. The first-order chi connectivity index (χ1) is 18.7. The number of hydrogen-bond donors (Lipinski definition) is 3. The van der Waals surface area contributed by atoms with Crippen molar-refractivity contribution in [2.24, 2.45) is 22.6 Å². The van der Waals surface area contributed by atoms with Gasteiger partial charge in [-0.1, -0.05) is 0 Å². The number of hydrogen-bond acceptors (Lipinski definition) is 7. The van der Waals surface area contributed by atoms with E-state index in [0.29, 0.717) is 30.8 Å². The summed E-state index contributed by atoms with van der Waals surface area (Å²) in [6, 6.07) is 5.91. The van der Waals surface area contributed by atoms with E-state index in [0.717, 1.165) is 55.4 Å². The number of carbonyl (C=O) groups excluding carboxylic acids is 2. The zero-order valence-corrected chi connectivity index (χ0v) is 25.2. The van der Waals surface area contributed by atoms with Gasteiger partial charge in [0.05, 0.1) is 0 Å². The van der Waals surface area contributed by atoms with Gasteiger partial charge >= 0.3 is 12.2 Å². The first kappa shape index (κ1) is 31.5. The average molecular weight is 561 g/mol. The lowest BCUT2D eigenvalue weighted by atomic mass is 9.82. The monoisotopic (exact) mass is 560 g/mol. The van der Waals surface area contributed by atoms with Crippen LogP contribution >= 0.6 is 0 Å². The topological polar surface area (TPSA) is 134 Å². The van der Waals surface area contributed by atoms with Gasteiger partial charge in [-0.3, -0.25) is 9.83 Å². The van der Waals surface area contributed by atoms with Crippen LogP contribution in [0.2, 0.25) is 0 Å². The van der Waals surface area contributed by atoms with Crippen LogP contribution in [0.15, 0.2) is 23.2 Å². The van der Waals surface area contributed by atoms with Crippen molar-refractivity contribution in [1.29, 1.82) is 0 Å². The Balaban J connectivity index is 1.43. The number of ether oxygens (including phenoxy) is 3. The Hall–Kier alpha value is -3.01. The maximum Gasteiger partial charge on any atom is 0.431 e. The van der Waals surface area contributed by atoms with Gasteiger partial charge in [0.1, 0.15) is 35.0 Å². The summed E-state index contributed by atoms with van der Waals surface area (Å²) in [4.78, 5) is 34.0. The molecule has 0 aromatic heterocycles. The molecule has 4 N–H and O–H groups in total. The van der Waals surface area contributed by atoms with Crippen molar-refractivity contribution in [2.75, 3.05) is 13.1 Å². The quantitative estimate of drug-likeness (QED) is 0.224. The van der Waals surface area contributed by atoms with Gasteiger partial charge < -0.3 is 25.3 Å². The zero-order chi connectivity index (χ0) is 29.5. The first-order valence-electron chi connectivity index (χ1n) is 14.4. The minimum absolute atomic E-state index is 0.200. The average Bonchev–Trinajstić information content (AvgIpc) is 2.87. The number of benzene rings is 1. The van der Waals surface area contributed by atoms with Gasteiger partial charge in [-0.2, -0.15) is 5.48 Å². The number of carbonyl (C=O) groups is 2. The SMILES string of the molecule is CC(ONC(=O)OC(C)(C)C)C1CCc2cc(C(N)=NCC3CCC(CNC(=O)OC(C)(C)C)CC3)ccc2O1.